The third kappa shape index (κ3) is 5.67. The van der Waals surface area contributed by atoms with Crippen LogP contribution in [0.2, 0.25) is 0 Å². The minimum Gasteiger partial charge on any atom is -0.320 e. The molecule has 0 aliphatic heterocycles. The first-order valence-corrected chi connectivity index (χ1v) is 9.28. The lowest BCUT2D eigenvalue weighted by molar-refractivity contribution is 0.556. The summed E-state index contributed by atoms with van der Waals surface area (Å²) in [6, 6.07) is 3.22. The summed E-state index contributed by atoms with van der Waals surface area (Å²) in [5.41, 5.74) is 5.39. The molecule has 1 atom stereocenters. The molecule has 0 fully saturated rings. The van der Waals surface area contributed by atoms with E-state index < -0.39 is 15.8 Å². The van der Waals surface area contributed by atoms with Crippen molar-refractivity contribution in [3.05, 3.63) is 29.6 Å². The van der Waals surface area contributed by atoms with Crippen LogP contribution in [0.1, 0.15) is 18.9 Å². The maximum Gasteiger partial charge on any atom is 0.242 e. The van der Waals surface area contributed by atoms with Crippen molar-refractivity contribution in [3.8, 4) is 11.8 Å². The lowest BCUT2D eigenvalue weighted by Gasteiger charge is -2.14. The van der Waals surface area contributed by atoms with Gasteiger partial charge in [-0.25, -0.2) is 17.5 Å². The van der Waals surface area contributed by atoms with Gasteiger partial charge in [-0.2, -0.15) is 11.8 Å². The molecule has 1 aromatic carbocycles. The second-order valence-corrected chi connectivity index (χ2v) is 7.12. The van der Waals surface area contributed by atoms with Crippen molar-refractivity contribution in [3.63, 3.8) is 0 Å². The summed E-state index contributed by atoms with van der Waals surface area (Å²) in [5.74, 6) is 5.46. The van der Waals surface area contributed by atoms with Gasteiger partial charge in [0.05, 0.1) is 11.4 Å². The molecule has 1 rings (SSSR count). The smallest absolute Gasteiger partial charge is 0.242 e. The summed E-state index contributed by atoms with van der Waals surface area (Å²) >= 11 is 1.65. The minimum absolute atomic E-state index is 0.0270. The van der Waals surface area contributed by atoms with Gasteiger partial charge < -0.3 is 5.73 Å². The summed E-state index contributed by atoms with van der Waals surface area (Å²) in [7, 11) is -3.74. The van der Waals surface area contributed by atoms with Crippen LogP contribution in [0.3, 0.4) is 0 Å². The van der Waals surface area contributed by atoms with Crippen LogP contribution in [0.4, 0.5) is 4.39 Å². The standard InChI is InChI=1S/C14H19FN2O2S2/c1-11(7-9-20-2)17-21(18,19)14-6-5-13(15)10-12(14)4-3-8-16/h5-6,10-11,17H,7-9,16H2,1-2H3. The zero-order chi connectivity index (χ0) is 15.9. The van der Waals surface area contributed by atoms with Gasteiger partial charge in [-0.15, -0.1) is 0 Å². The van der Waals surface area contributed by atoms with Crippen LogP contribution in [0.15, 0.2) is 23.1 Å². The number of nitrogens with two attached hydrogens (primary N) is 1. The van der Waals surface area contributed by atoms with Crippen molar-refractivity contribution in [1.82, 2.24) is 4.72 Å². The fourth-order valence-corrected chi connectivity index (χ4v) is 3.67. The van der Waals surface area contributed by atoms with Crippen LogP contribution >= 0.6 is 11.8 Å². The van der Waals surface area contributed by atoms with Crippen molar-refractivity contribution in [2.24, 2.45) is 5.73 Å². The number of halogens is 1. The largest absolute Gasteiger partial charge is 0.320 e. The molecule has 0 bridgehead atoms. The molecule has 0 aliphatic rings. The monoisotopic (exact) mass is 330 g/mol. The Morgan fingerprint density at radius 3 is 2.81 bits per heavy atom. The molecule has 0 spiro atoms. The molecule has 1 unspecified atom stereocenters. The first-order valence-electron chi connectivity index (χ1n) is 6.40. The van der Waals surface area contributed by atoms with Crippen molar-refractivity contribution in [1.29, 1.82) is 0 Å². The highest BCUT2D eigenvalue weighted by atomic mass is 32.2. The fraction of sp³-hybridized carbons (Fsp3) is 0.429. The molecule has 7 heteroatoms. The van der Waals surface area contributed by atoms with Crippen LogP contribution in [-0.4, -0.2) is 33.0 Å². The molecular formula is C14H19FN2O2S2. The van der Waals surface area contributed by atoms with E-state index in [0.717, 1.165) is 17.9 Å². The van der Waals surface area contributed by atoms with Gasteiger partial charge in [-0.1, -0.05) is 11.8 Å². The Balaban J connectivity index is 3.07. The molecule has 4 nitrogen and oxygen atoms in total. The Morgan fingerprint density at radius 1 is 1.48 bits per heavy atom. The summed E-state index contributed by atoms with van der Waals surface area (Å²) in [5, 5.41) is 0. The highest BCUT2D eigenvalue weighted by Crippen LogP contribution is 2.17. The van der Waals surface area contributed by atoms with Crippen LogP contribution in [0.5, 0.6) is 0 Å². The Kier molecular flexibility index (Phi) is 7.18. The highest BCUT2D eigenvalue weighted by Gasteiger charge is 2.20. The van der Waals surface area contributed by atoms with E-state index in [4.69, 9.17) is 5.73 Å². The second-order valence-electron chi connectivity index (χ2n) is 4.45. The van der Waals surface area contributed by atoms with E-state index in [1.165, 1.54) is 6.07 Å². The van der Waals surface area contributed by atoms with Crippen molar-refractivity contribution in [2.75, 3.05) is 18.6 Å². The van der Waals surface area contributed by atoms with E-state index in [2.05, 4.69) is 16.6 Å². The number of hydrogen-bond acceptors (Lipinski definition) is 4. The highest BCUT2D eigenvalue weighted by molar-refractivity contribution is 7.98. The van der Waals surface area contributed by atoms with Crippen LogP contribution in [0.25, 0.3) is 0 Å². The average molecular weight is 330 g/mol. The number of benzene rings is 1. The molecule has 0 heterocycles. The summed E-state index contributed by atoms with van der Waals surface area (Å²) < 4.78 is 40.6. The normalized spacial score (nSPS) is 12.6. The van der Waals surface area contributed by atoms with Crippen molar-refractivity contribution < 1.29 is 12.8 Å². The molecule has 116 valence electrons. The fourth-order valence-electron chi connectivity index (χ4n) is 1.66. The summed E-state index contributed by atoms with van der Waals surface area (Å²) in [6.07, 6.45) is 2.67. The topological polar surface area (TPSA) is 72.2 Å². The van der Waals surface area contributed by atoms with E-state index >= 15 is 0 Å². The molecule has 0 saturated carbocycles. The van der Waals surface area contributed by atoms with E-state index in [-0.39, 0.29) is 23.0 Å². The van der Waals surface area contributed by atoms with Crippen molar-refractivity contribution in [2.45, 2.75) is 24.3 Å². The molecule has 0 amide bonds. The zero-order valence-electron chi connectivity index (χ0n) is 12.0. The predicted molar refractivity (Wildman–Crippen MR) is 85.1 cm³/mol. The molecule has 21 heavy (non-hydrogen) atoms. The number of hydrogen-bond donors (Lipinski definition) is 2. The lowest BCUT2D eigenvalue weighted by Crippen LogP contribution is -2.33. The third-order valence-electron chi connectivity index (χ3n) is 2.67. The quantitative estimate of drug-likeness (QED) is 0.777. The van der Waals surface area contributed by atoms with E-state index in [9.17, 15) is 12.8 Å². The average Bonchev–Trinajstić information content (AvgIpc) is 2.42. The second kappa shape index (κ2) is 8.39. The van der Waals surface area contributed by atoms with Crippen LogP contribution in [0, 0.1) is 17.7 Å². The van der Waals surface area contributed by atoms with E-state index in [1.54, 1.807) is 18.7 Å². The molecule has 3 N–H and O–H groups in total. The number of thioether (sulfide) groups is 1. The molecule has 0 aromatic heterocycles. The van der Waals surface area contributed by atoms with Gasteiger partial charge in [-0.3, -0.25) is 0 Å². The Morgan fingerprint density at radius 2 is 2.19 bits per heavy atom. The lowest BCUT2D eigenvalue weighted by atomic mass is 10.2. The van der Waals surface area contributed by atoms with Gasteiger partial charge in [0.2, 0.25) is 10.0 Å². The Bertz CT molecular complexity index is 636. The van der Waals surface area contributed by atoms with Gasteiger partial charge in [0.25, 0.3) is 0 Å². The number of nitrogens with one attached hydrogen (secondary N) is 1. The Labute approximate surface area is 129 Å². The SMILES string of the molecule is CSCCC(C)NS(=O)(=O)c1ccc(F)cc1C#CCN. The van der Waals surface area contributed by atoms with Gasteiger partial charge in [0.15, 0.2) is 0 Å². The van der Waals surface area contributed by atoms with Crippen LogP contribution < -0.4 is 10.5 Å². The van der Waals surface area contributed by atoms with Gasteiger partial charge in [0, 0.05) is 11.6 Å². The first-order chi connectivity index (χ1) is 9.90. The summed E-state index contributed by atoms with van der Waals surface area (Å²) in [4.78, 5) is -0.0270. The van der Waals surface area contributed by atoms with E-state index in [1.807, 2.05) is 6.26 Å². The number of sulfonamides is 1. The first kappa shape index (κ1) is 18.0. The van der Waals surface area contributed by atoms with Gasteiger partial charge in [-0.05, 0) is 43.6 Å². The Hall–Kier alpha value is -1.07. The molecular weight excluding hydrogens is 311 g/mol. The predicted octanol–water partition coefficient (Wildman–Crippen LogP) is 1.56. The molecule has 1 aromatic rings. The summed E-state index contributed by atoms with van der Waals surface area (Å²) in [6.45, 7) is 1.87. The zero-order valence-corrected chi connectivity index (χ0v) is 13.7. The van der Waals surface area contributed by atoms with Crippen molar-refractivity contribution >= 4 is 21.8 Å². The van der Waals surface area contributed by atoms with Crippen LogP contribution in [-0.2, 0) is 10.0 Å². The maximum absolute atomic E-state index is 13.3. The maximum atomic E-state index is 13.3. The third-order valence-corrected chi connectivity index (χ3v) is 4.96. The molecule has 0 aliphatic carbocycles. The number of rotatable bonds is 6. The van der Waals surface area contributed by atoms with Gasteiger partial charge >= 0.3 is 0 Å². The van der Waals surface area contributed by atoms with Gasteiger partial charge in [0.1, 0.15) is 5.82 Å². The molecule has 0 saturated heterocycles. The van der Waals surface area contributed by atoms with E-state index in [0.29, 0.717) is 6.42 Å². The minimum atomic E-state index is -3.74. The molecule has 0 radical (unpaired) electrons.